The van der Waals surface area contributed by atoms with Gasteiger partial charge in [-0.2, -0.15) is 0 Å². The molecule has 1 aromatic rings. The molecule has 1 rings (SSSR count). The number of aliphatic hydroxyl groups excluding tert-OH is 1. The maximum absolute atomic E-state index is 10.5. The van der Waals surface area contributed by atoms with E-state index in [1.807, 2.05) is 0 Å². The average molecular weight is 380 g/mol. The Kier molecular flexibility index (Phi) is 5.69. The van der Waals surface area contributed by atoms with E-state index in [0.717, 1.165) is 0 Å². The number of benzene rings is 1. The number of hydrogen-bond acceptors (Lipinski definition) is 2. The molecule has 0 amide bonds. The molecule has 0 saturated heterocycles. The second kappa shape index (κ2) is 5.66. The minimum absolute atomic E-state index is 0. The van der Waals surface area contributed by atoms with Crippen molar-refractivity contribution in [2.24, 2.45) is 0 Å². The molecule has 0 aromatic heterocycles. The van der Waals surface area contributed by atoms with Gasteiger partial charge in [0.2, 0.25) is 0 Å². The fourth-order valence-electron chi connectivity index (χ4n) is 0.766. The Hall–Kier alpha value is 0.0621. The van der Waals surface area contributed by atoms with Gasteiger partial charge in [0, 0.05) is 0 Å². The van der Waals surface area contributed by atoms with Gasteiger partial charge in [0.15, 0.2) is 6.10 Å². The van der Waals surface area contributed by atoms with Gasteiger partial charge in [-0.15, -0.1) is 0 Å². The summed E-state index contributed by atoms with van der Waals surface area (Å²) in [4.78, 5) is 10.5. The van der Waals surface area contributed by atoms with Crippen molar-refractivity contribution in [3.8, 4) is 0 Å². The van der Waals surface area contributed by atoms with Gasteiger partial charge in [-0.25, -0.2) is 0 Å². The van der Waals surface area contributed by atoms with E-state index in [4.69, 9.17) is 16.7 Å². The molecule has 12 heavy (non-hydrogen) atoms. The standard InChI is InChI=1S/C8H7ClO2.Pb.2H/c9-8(11)7(10)6-4-2-1-3-5-6;;;/h1-5,7,10H;;;. The first-order chi connectivity index (χ1) is 5.22. The number of aliphatic hydroxyl groups is 1. The summed E-state index contributed by atoms with van der Waals surface area (Å²) in [6.45, 7) is 0. The Bertz CT molecular complexity index is 250. The van der Waals surface area contributed by atoms with Gasteiger partial charge in [0.25, 0.3) is 5.24 Å². The molecule has 0 spiro atoms. The van der Waals surface area contributed by atoms with Crippen molar-refractivity contribution in [3.63, 3.8) is 0 Å². The van der Waals surface area contributed by atoms with Gasteiger partial charge in [0.05, 0.1) is 0 Å². The minimum atomic E-state index is -1.20. The third kappa shape index (κ3) is 3.20. The SMILES string of the molecule is O=C(Cl)C(O)c1ccccc1.[PbH2]. The van der Waals surface area contributed by atoms with E-state index in [1.54, 1.807) is 30.3 Å². The van der Waals surface area contributed by atoms with Crippen LogP contribution in [-0.4, -0.2) is 37.6 Å². The van der Waals surface area contributed by atoms with Crippen LogP contribution in [0.2, 0.25) is 0 Å². The van der Waals surface area contributed by atoms with Crippen molar-refractivity contribution in [1.29, 1.82) is 0 Å². The molecule has 4 heteroatoms. The van der Waals surface area contributed by atoms with Crippen molar-refractivity contribution < 1.29 is 9.90 Å². The number of rotatable bonds is 2. The Labute approximate surface area is 95.7 Å². The number of hydrogen-bond donors (Lipinski definition) is 1. The van der Waals surface area contributed by atoms with Crippen LogP contribution in [0.4, 0.5) is 0 Å². The third-order valence-electron chi connectivity index (χ3n) is 1.33. The van der Waals surface area contributed by atoms with Gasteiger partial charge in [-0.3, -0.25) is 4.79 Å². The fraction of sp³-hybridized carbons (Fsp3) is 0.125. The summed E-state index contributed by atoms with van der Waals surface area (Å²) in [5.41, 5.74) is 0.521. The molecule has 0 aliphatic heterocycles. The van der Waals surface area contributed by atoms with E-state index in [2.05, 4.69) is 0 Å². The molecule has 0 heterocycles. The molecule has 1 atom stereocenters. The molecule has 0 fully saturated rings. The van der Waals surface area contributed by atoms with E-state index in [-0.39, 0.29) is 27.3 Å². The van der Waals surface area contributed by atoms with Crippen molar-refractivity contribution >= 4 is 44.1 Å². The van der Waals surface area contributed by atoms with Gasteiger partial charge in [-0.05, 0) is 17.2 Å². The van der Waals surface area contributed by atoms with Crippen LogP contribution >= 0.6 is 11.6 Å². The predicted molar refractivity (Wildman–Crippen MR) is 50.8 cm³/mol. The molecule has 0 aliphatic rings. The third-order valence-corrected chi connectivity index (χ3v) is 1.54. The van der Waals surface area contributed by atoms with Gasteiger partial charge in [0.1, 0.15) is 0 Å². The summed E-state index contributed by atoms with van der Waals surface area (Å²) in [7, 11) is 0. The van der Waals surface area contributed by atoms with Crippen LogP contribution < -0.4 is 0 Å². The quantitative estimate of drug-likeness (QED) is 0.602. The van der Waals surface area contributed by atoms with Crippen LogP contribution in [0, 0.1) is 0 Å². The average Bonchev–Trinajstić information content (AvgIpc) is 2.05. The van der Waals surface area contributed by atoms with E-state index >= 15 is 0 Å². The Morgan fingerprint density at radius 1 is 1.33 bits per heavy atom. The Morgan fingerprint density at radius 3 is 2.25 bits per heavy atom. The second-order valence-electron chi connectivity index (χ2n) is 2.12. The van der Waals surface area contributed by atoms with Crippen LogP contribution in [0.3, 0.4) is 0 Å². The molecule has 2 radical (unpaired) electrons. The first-order valence-electron chi connectivity index (χ1n) is 3.14. The van der Waals surface area contributed by atoms with E-state index in [1.165, 1.54) is 0 Å². The first kappa shape index (κ1) is 12.1. The van der Waals surface area contributed by atoms with E-state index in [0.29, 0.717) is 5.56 Å². The van der Waals surface area contributed by atoms with E-state index in [9.17, 15) is 4.79 Å². The van der Waals surface area contributed by atoms with Gasteiger partial charge >= 0.3 is 27.3 Å². The molecular weight excluding hydrogens is 371 g/mol. The normalized spacial score (nSPS) is 11.5. The first-order valence-corrected chi connectivity index (χ1v) is 3.52. The zero-order chi connectivity index (χ0) is 8.27. The zero-order valence-electron chi connectivity index (χ0n) is 6.40. The van der Waals surface area contributed by atoms with Crippen molar-refractivity contribution in [2.45, 2.75) is 6.10 Å². The summed E-state index contributed by atoms with van der Waals surface area (Å²) in [6.07, 6.45) is -1.20. The zero-order valence-corrected chi connectivity index (χ0v) is 12.7. The molecule has 0 bridgehead atoms. The van der Waals surface area contributed by atoms with Gasteiger partial charge in [-0.1, -0.05) is 30.3 Å². The molecule has 64 valence electrons. The van der Waals surface area contributed by atoms with Crippen LogP contribution in [0.1, 0.15) is 11.7 Å². The van der Waals surface area contributed by atoms with Gasteiger partial charge < -0.3 is 5.11 Å². The van der Waals surface area contributed by atoms with Crippen molar-refractivity contribution in [1.82, 2.24) is 0 Å². The molecule has 1 unspecified atom stereocenters. The van der Waals surface area contributed by atoms with Crippen LogP contribution in [0.5, 0.6) is 0 Å². The molecule has 0 saturated carbocycles. The van der Waals surface area contributed by atoms with Crippen LogP contribution in [-0.2, 0) is 4.79 Å². The predicted octanol–water partition coefficient (Wildman–Crippen LogP) is 0.569. The Balaban J connectivity index is 0.00000121. The van der Waals surface area contributed by atoms with Crippen LogP contribution in [0.25, 0.3) is 0 Å². The summed E-state index contributed by atoms with van der Waals surface area (Å²) >= 11 is 5.07. The summed E-state index contributed by atoms with van der Waals surface area (Å²) in [6, 6.07) is 8.56. The monoisotopic (exact) mass is 380 g/mol. The molecule has 0 aliphatic carbocycles. The van der Waals surface area contributed by atoms with Crippen molar-refractivity contribution in [3.05, 3.63) is 35.9 Å². The summed E-state index contributed by atoms with van der Waals surface area (Å²) in [5.74, 6) is 0. The Morgan fingerprint density at radius 2 is 1.83 bits per heavy atom. The van der Waals surface area contributed by atoms with Crippen LogP contribution in [0.15, 0.2) is 30.3 Å². The molecule has 2 nitrogen and oxygen atoms in total. The number of carbonyl (C=O) groups excluding carboxylic acids is 1. The topological polar surface area (TPSA) is 37.3 Å². The molecule has 1 aromatic carbocycles. The maximum atomic E-state index is 10.5. The number of halogens is 1. The fourth-order valence-corrected chi connectivity index (χ4v) is 0.892. The number of carbonyl (C=O) groups is 1. The van der Waals surface area contributed by atoms with E-state index < -0.39 is 11.3 Å². The second-order valence-corrected chi connectivity index (χ2v) is 2.49. The summed E-state index contributed by atoms with van der Waals surface area (Å²) in [5, 5.41) is 8.36. The van der Waals surface area contributed by atoms with Crippen molar-refractivity contribution in [2.75, 3.05) is 0 Å². The molecule has 1 N–H and O–H groups in total. The molecular formula is C8H9ClO2Pb. The summed E-state index contributed by atoms with van der Waals surface area (Å²) < 4.78 is 0.